The average Bonchev–Trinajstić information content (AvgIpc) is 2.69. The summed E-state index contributed by atoms with van der Waals surface area (Å²) in [6.45, 7) is 9.43. The molecule has 0 bridgehead atoms. The predicted octanol–water partition coefficient (Wildman–Crippen LogP) is 2.43. The van der Waals surface area contributed by atoms with Gasteiger partial charge < -0.3 is 4.74 Å². The van der Waals surface area contributed by atoms with Crippen molar-refractivity contribution in [2.24, 2.45) is 0 Å². The molecule has 3 nitrogen and oxygen atoms in total. The number of allylic oxidation sites excluding steroid dienone is 2. The van der Waals surface area contributed by atoms with Gasteiger partial charge in [0.25, 0.3) is 5.91 Å². The standard InChI is InChI=1S/C14H19NO2/c1-4-12(3)8-10-17-11-9-15-13(5-2)6-7-14(15)16/h4,6-7H,2,8-11H2,1,3H3/b12-4+. The van der Waals surface area contributed by atoms with Gasteiger partial charge in [0.1, 0.15) is 0 Å². The van der Waals surface area contributed by atoms with E-state index in [0.717, 1.165) is 12.1 Å². The van der Waals surface area contributed by atoms with Crippen molar-refractivity contribution in [3.63, 3.8) is 0 Å². The molecule has 1 heterocycles. The molecule has 0 aromatic carbocycles. The van der Waals surface area contributed by atoms with Crippen LogP contribution in [0.1, 0.15) is 20.3 Å². The Hall–Kier alpha value is -1.57. The zero-order valence-electron chi connectivity index (χ0n) is 10.5. The molecule has 17 heavy (non-hydrogen) atoms. The maximum Gasteiger partial charge on any atom is 0.251 e. The summed E-state index contributed by atoms with van der Waals surface area (Å²) in [5, 5.41) is 0. The number of rotatable bonds is 6. The second kappa shape index (κ2) is 6.89. The van der Waals surface area contributed by atoms with Gasteiger partial charge in [-0.15, -0.1) is 5.73 Å². The Balaban J connectivity index is 2.23. The monoisotopic (exact) mass is 233 g/mol. The molecule has 0 aromatic rings. The first-order valence-electron chi connectivity index (χ1n) is 5.78. The zero-order valence-corrected chi connectivity index (χ0v) is 10.5. The maximum absolute atomic E-state index is 11.4. The van der Waals surface area contributed by atoms with Gasteiger partial charge in [0.05, 0.1) is 25.5 Å². The van der Waals surface area contributed by atoms with Crippen molar-refractivity contribution in [2.75, 3.05) is 19.8 Å². The van der Waals surface area contributed by atoms with Crippen LogP contribution in [0.3, 0.4) is 0 Å². The van der Waals surface area contributed by atoms with E-state index in [9.17, 15) is 4.79 Å². The molecule has 0 radical (unpaired) electrons. The third-order valence-corrected chi connectivity index (χ3v) is 2.71. The Morgan fingerprint density at radius 1 is 1.53 bits per heavy atom. The van der Waals surface area contributed by atoms with Crippen molar-refractivity contribution in [1.82, 2.24) is 4.90 Å². The van der Waals surface area contributed by atoms with Crippen LogP contribution in [-0.2, 0) is 9.53 Å². The average molecular weight is 233 g/mol. The molecule has 92 valence electrons. The minimum absolute atomic E-state index is 0.0237. The van der Waals surface area contributed by atoms with Crippen LogP contribution in [0.4, 0.5) is 0 Å². The highest BCUT2D eigenvalue weighted by Crippen LogP contribution is 2.12. The molecule has 0 aliphatic carbocycles. The summed E-state index contributed by atoms with van der Waals surface area (Å²) in [7, 11) is 0. The molecule has 1 aliphatic heterocycles. The van der Waals surface area contributed by atoms with E-state index in [4.69, 9.17) is 4.74 Å². The minimum Gasteiger partial charge on any atom is -0.379 e. The van der Waals surface area contributed by atoms with Crippen molar-refractivity contribution in [3.8, 4) is 0 Å². The highest BCUT2D eigenvalue weighted by molar-refractivity contribution is 5.93. The third-order valence-electron chi connectivity index (χ3n) is 2.71. The first kappa shape index (κ1) is 13.5. The van der Waals surface area contributed by atoms with Crippen molar-refractivity contribution < 1.29 is 9.53 Å². The van der Waals surface area contributed by atoms with E-state index < -0.39 is 0 Å². The zero-order chi connectivity index (χ0) is 12.7. The molecular weight excluding hydrogens is 214 g/mol. The highest BCUT2D eigenvalue weighted by atomic mass is 16.5. The molecule has 0 saturated heterocycles. The molecule has 3 heteroatoms. The second-order valence-corrected chi connectivity index (χ2v) is 3.88. The van der Waals surface area contributed by atoms with E-state index in [-0.39, 0.29) is 5.91 Å². The van der Waals surface area contributed by atoms with Gasteiger partial charge in [0.2, 0.25) is 0 Å². The highest BCUT2D eigenvalue weighted by Gasteiger charge is 2.18. The molecule has 0 spiro atoms. The Bertz CT molecular complexity index is 387. The molecule has 0 atom stereocenters. The second-order valence-electron chi connectivity index (χ2n) is 3.88. The van der Waals surface area contributed by atoms with Crippen LogP contribution in [0.2, 0.25) is 0 Å². The maximum atomic E-state index is 11.4. The summed E-state index contributed by atoms with van der Waals surface area (Å²) < 4.78 is 5.49. The molecule has 0 N–H and O–H groups in total. The molecular formula is C14H19NO2. The lowest BCUT2D eigenvalue weighted by atomic mass is 10.2. The topological polar surface area (TPSA) is 29.5 Å². The summed E-state index contributed by atoms with van der Waals surface area (Å²) in [5.41, 5.74) is 4.77. The van der Waals surface area contributed by atoms with Crippen molar-refractivity contribution in [1.29, 1.82) is 0 Å². The summed E-state index contributed by atoms with van der Waals surface area (Å²) in [5.74, 6) is -0.0237. The molecule has 1 rings (SSSR count). The lowest BCUT2D eigenvalue weighted by Crippen LogP contribution is -2.27. The van der Waals surface area contributed by atoms with Gasteiger partial charge in [-0.1, -0.05) is 18.2 Å². The molecule has 0 aromatic heterocycles. The predicted molar refractivity (Wildman–Crippen MR) is 68.4 cm³/mol. The number of hydrogen-bond donors (Lipinski definition) is 0. The van der Waals surface area contributed by atoms with Gasteiger partial charge in [-0.05, 0) is 26.3 Å². The van der Waals surface area contributed by atoms with Gasteiger partial charge in [-0.25, -0.2) is 0 Å². The van der Waals surface area contributed by atoms with E-state index in [1.807, 2.05) is 6.92 Å². The first-order valence-corrected chi connectivity index (χ1v) is 5.78. The van der Waals surface area contributed by atoms with Crippen LogP contribution in [-0.4, -0.2) is 30.6 Å². The summed E-state index contributed by atoms with van der Waals surface area (Å²) in [6.07, 6.45) is 6.26. The largest absolute Gasteiger partial charge is 0.379 e. The van der Waals surface area contributed by atoms with Crippen molar-refractivity contribution in [3.05, 3.63) is 41.8 Å². The molecule has 1 aliphatic rings. The number of carbonyl (C=O) groups is 1. The van der Waals surface area contributed by atoms with E-state index in [1.54, 1.807) is 11.0 Å². The summed E-state index contributed by atoms with van der Waals surface area (Å²) in [6, 6.07) is 0. The fourth-order valence-corrected chi connectivity index (χ4v) is 1.47. The third kappa shape index (κ3) is 4.06. The lowest BCUT2D eigenvalue weighted by molar-refractivity contribution is -0.123. The quantitative estimate of drug-likeness (QED) is 0.400. The van der Waals surface area contributed by atoms with E-state index >= 15 is 0 Å². The Morgan fingerprint density at radius 3 is 2.94 bits per heavy atom. The smallest absolute Gasteiger partial charge is 0.251 e. The van der Waals surface area contributed by atoms with Crippen LogP contribution in [0, 0.1) is 0 Å². The number of carbonyl (C=O) groups excluding carboxylic acids is 1. The Kier molecular flexibility index (Phi) is 5.47. The number of hydrogen-bond acceptors (Lipinski definition) is 2. The normalized spacial score (nSPS) is 15.6. The van der Waals surface area contributed by atoms with Crippen LogP contribution >= 0.6 is 0 Å². The van der Waals surface area contributed by atoms with E-state index in [1.165, 1.54) is 11.6 Å². The van der Waals surface area contributed by atoms with E-state index in [0.29, 0.717) is 19.8 Å². The number of amides is 1. The Morgan fingerprint density at radius 2 is 2.29 bits per heavy atom. The lowest BCUT2D eigenvalue weighted by Gasteiger charge is -2.16. The molecule has 0 fully saturated rings. The summed E-state index contributed by atoms with van der Waals surface area (Å²) >= 11 is 0. The van der Waals surface area contributed by atoms with Gasteiger partial charge in [0.15, 0.2) is 0 Å². The SMILES string of the molecule is C=C=C1C=CC(=O)N1CCOCC/C(C)=C/C. The molecule has 0 saturated carbocycles. The number of nitrogens with zero attached hydrogens (tertiary/aromatic N) is 1. The van der Waals surface area contributed by atoms with Gasteiger partial charge >= 0.3 is 0 Å². The van der Waals surface area contributed by atoms with Crippen LogP contribution in [0.15, 0.2) is 41.8 Å². The molecule has 0 unspecified atom stereocenters. The first-order chi connectivity index (χ1) is 8.19. The fourth-order valence-electron chi connectivity index (χ4n) is 1.47. The van der Waals surface area contributed by atoms with Crippen LogP contribution in [0.25, 0.3) is 0 Å². The van der Waals surface area contributed by atoms with Crippen LogP contribution in [0.5, 0.6) is 0 Å². The van der Waals surface area contributed by atoms with E-state index in [2.05, 4.69) is 25.3 Å². The Labute approximate surface area is 103 Å². The fraction of sp³-hybridized carbons (Fsp3) is 0.429. The van der Waals surface area contributed by atoms with Gasteiger partial charge in [-0.2, -0.15) is 0 Å². The van der Waals surface area contributed by atoms with Crippen molar-refractivity contribution >= 4 is 5.91 Å². The summed E-state index contributed by atoms with van der Waals surface area (Å²) in [4.78, 5) is 13.1. The van der Waals surface area contributed by atoms with Crippen LogP contribution < -0.4 is 0 Å². The number of ether oxygens (including phenoxy) is 1. The van der Waals surface area contributed by atoms with Gasteiger partial charge in [-0.3, -0.25) is 9.69 Å². The minimum atomic E-state index is -0.0237. The molecule has 1 amide bonds. The van der Waals surface area contributed by atoms with Gasteiger partial charge in [0, 0.05) is 6.08 Å². The van der Waals surface area contributed by atoms with Crippen molar-refractivity contribution in [2.45, 2.75) is 20.3 Å².